The highest BCUT2D eigenvalue weighted by molar-refractivity contribution is 5.24. The lowest BCUT2D eigenvalue weighted by atomic mass is 10.0. The van der Waals surface area contributed by atoms with Crippen molar-refractivity contribution in [3.05, 3.63) is 35.4 Å². The number of hydrogen-bond donors (Lipinski definition) is 1. The molecule has 0 saturated carbocycles. The molecule has 0 spiro atoms. The van der Waals surface area contributed by atoms with E-state index in [2.05, 4.69) is 0 Å². The molecule has 0 aliphatic carbocycles. The van der Waals surface area contributed by atoms with Gasteiger partial charge in [0.05, 0.1) is 0 Å². The van der Waals surface area contributed by atoms with E-state index in [-0.39, 0.29) is 6.42 Å². The van der Waals surface area contributed by atoms with Gasteiger partial charge in [-0.1, -0.05) is 29.8 Å². The van der Waals surface area contributed by atoms with Crippen LogP contribution >= 0.6 is 0 Å². The minimum absolute atomic E-state index is 0.0625. The Labute approximate surface area is 87.1 Å². The van der Waals surface area contributed by atoms with E-state index in [4.69, 9.17) is 5.73 Å². The molecule has 0 fully saturated rings. The zero-order valence-electron chi connectivity index (χ0n) is 8.51. The zero-order valence-corrected chi connectivity index (χ0v) is 8.51. The summed E-state index contributed by atoms with van der Waals surface area (Å²) in [7, 11) is 0. The fourth-order valence-corrected chi connectivity index (χ4v) is 1.39. The molecule has 1 atom stereocenters. The van der Waals surface area contributed by atoms with Crippen LogP contribution in [0.1, 0.15) is 30.0 Å². The summed E-state index contributed by atoms with van der Waals surface area (Å²) >= 11 is 0. The molecule has 0 radical (unpaired) electrons. The van der Waals surface area contributed by atoms with E-state index in [0.717, 1.165) is 11.1 Å². The highest BCUT2D eigenvalue weighted by Crippen LogP contribution is 2.26. The molecule has 0 unspecified atom stereocenters. The molecule has 84 valence electrons. The molecule has 1 nitrogen and oxygen atoms in total. The Morgan fingerprint density at radius 3 is 2.53 bits per heavy atom. The predicted molar refractivity (Wildman–Crippen MR) is 53.4 cm³/mol. The van der Waals surface area contributed by atoms with Crippen LogP contribution < -0.4 is 5.73 Å². The first-order valence-electron chi connectivity index (χ1n) is 4.77. The summed E-state index contributed by atoms with van der Waals surface area (Å²) in [6.07, 6.45) is -5.02. The van der Waals surface area contributed by atoms with E-state index in [1.807, 2.05) is 19.1 Å². The summed E-state index contributed by atoms with van der Waals surface area (Å²) in [5.41, 5.74) is 7.44. The van der Waals surface area contributed by atoms with E-state index in [1.165, 1.54) is 0 Å². The molecule has 1 aromatic carbocycles. The van der Waals surface area contributed by atoms with E-state index in [0.29, 0.717) is 0 Å². The molecule has 0 aliphatic rings. The number of benzene rings is 1. The van der Waals surface area contributed by atoms with Crippen LogP contribution in [0.4, 0.5) is 13.2 Å². The summed E-state index contributed by atoms with van der Waals surface area (Å²) in [5.74, 6) is 0. The third kappa shape index (κ3) is 4.34. The van der Waals surface area contributed by atoms with Crippen LogP contribution in [0.15, 0.2) is 24.3 Å². The third-order valence-corrected chi connectivity index (χ3v) is 2.21. The summed E-state index contributed by atoms with van der Waals surface area (Å²) in [5, 5.41) is 0. The Kier molecular flexibility index (Phi) is 3.74. The van der Waals surface area contributed by atoms with Crippen molar-refractivity contribution in [3.63, 3.8) is 0 Å². The number of hydrogen-bond acceptors (Lipinski definition) is 1. The summed E-state index contributed by atoms with van der Waals surface area (Å²) < 4.78 is 35.9. The average molecular weight is 217 g/mol. The molecule has 2 N–H and O–H groups in total. The first kappa shape index (κ1) is 12.0. The van der Waals surface area contributed by atoms with Gasteiger partial charge in [-0.25, -0.2) is 0 Å². The highest BCUT2D eigenvalue weighted by atomic mass is 19.4. The fraction of sp³-hybridized carbons (Fsp3) is 0.455. The van der Waals surface area contributed by atoms with Gasteiger partial charge in [0, 0.05) is 12.5 Å². The van der Waals surface area contributed by atoms with Gasteiger partial charge in [-0.2, -0.15) is 13.2 Å². The SMILES string of the molecule is Cc1cccc([C@@H](N)CCC(F)(F)F)c1. The molecular formula is C11H14F3N. The maximum Gasteiger partial charge on any atom is 0.389 e. The van der Waals surface area contributed by atoms with E-state index in [9.17, 15) is 13.2 Å². The average Bonchev–Trinajstić information content (AvgIpc) is 2.13. The molecule has 0 aromatic heterocycles. The second kappa shape index (κ2) is 4.66. The summed E-state index contributed by atoms with van der Waals surface area (Å²) in [6.45, 7) is 1.89. The quantitative estimate of drug-likeness (QED) is 0.825. The van der Waals surface area contributed by atoms with Crippen LogP contribution in [0.2, 0.25) is 0 Å². The molecule has 0 heterocycles. The van der Waals surface area contributed by atoms with Crippen LogP contribution in [0.25, 0.3) is 0 Å². The second-order valence-electron chi connectivity index (χ2n) is 3.67. The van der Waals surface area contributed by atoms with Gasteiger partial charge < -0.3 is 5.73 Å². The van der Waals surface area contributed by atoms with Crippen molar-refractivity contribution in [2.24, 2.45) is 5.73 Å². The molecule has 1 rings (SSSR count). The molecule has 0 amide bonds. The van der Waals surface area contributed by atoms with Gasteiger partial charge in [-0.3, -0.25) is 0 Å². The summed E-state index contributed by atoms with van der Waals surface area (Å²) in [6, 6.07) is 6.74. The second-order valence-corrected chi connectivity index (χ2v) is 3.67. The largest absolute Gasteiger partial charge is 0.389 e. The topological polar surface area (TPSA) is 26.0 Å². The van der Waals surface area contributed by atoms with Crippen molar-refractivity contribution in [3.8, 4) is 0 Å². The van der Waals surface area contributed by atoms with E-state index in [1.54, 1.807) is 12.1 Å². The van der Waals surface area contributed by atoms with Gasteiger partial charge in [0.25, 0.3) is 0 Å². The van der Waals surface area contributed by atoms with Crippen molar-refractivity contribution in [1.29, 1.82) is 0 Å². The van der Waals surface area contributed by atoms with Crippen LogP contribution in [0, 0.1) is 6.92 Å². The Morgan fingerprint density at radius 1 is 1.33 bits per heavy atom. The normalized spacial score (nSPS) is 13.9. The Balaban J connectivity index is 2.58. The lowest BCUT2D eigenvalue weighted by Gasteiger charge is -2.13. The summed E-state index contributed by atoms with van der Waals surface area (Å²) in [4.78, 5) is 0. The number of halogens is 3. The van der Waals surface area contributed by atoms with Gasteiger partial charge in [0.15, 0.2) is 0 Å². The smallest absolute Gasteiger partial charge is 0.324 e. The van der Waals surface area contributed by atoms with Gasteiger partial charge in [-0.05, 0) is 18.9 Å². The minimum Gasteiger partial charge on any atom is -0.324 e. The van der Waals surface area contributed by atoms with Crippen LogP contribution in [-0.4, -0.2) is 6.18 Å². The van der Waals surface area contributed by atoms with Crippen molar-refractivity contribution in [2.75, 3.05) is 0 Å². The maximum atomic E-state index is 12.0. The Hall–Kier alpha value is -1.03. The Morgan fingerprint density at radius 2 is 2.00 bits per heavy atom. The molecule has 1 aromatic rings. The number of aryl methyl sites for hydroxylation is 1. The first-order chi connectivity index (χ1) is 6.88. The van der Waals surface area contributed by atoms with Crippen molar-refractivity contribution in [2.45, 2.75) is 32.0 Å². The van der Waals surface area contributed by atoms with Crippen LogP contribution in [0.5, 0.6) is 0 Å². The van der Waals surface area contributed by atoms with Crippen molar-refractivity contribution >= 4 is 0 Å². The molecule has 0 bridgehead atoms. The monoisotopic (exact) mass is 217 g/mol. The predicted octanol–water partition coefficient (Wildman–Crippen LogP) is 3.34. The Bertz CT molecular complexity index is 320. The first-order valence-corrected chi connectivity index (χ1v) is 4.77. The minimum atomic E-state index is -4.12. The van der Waals surface area contributed by atoms with Gasteiger partial charge >= 0.3 is 6.18 Å². The van der Waals surface area contributed by atoms with Gasteiger partial charge in [-0.15, -0.1) is 0 Å². The third-order valence-electron chi connectivity index (χ3n) is 2.21. The lowest BCUT2D eigenvalue weighted by molar-refractivity contribution is -0.136. The van der Waals surface area contributed by atoms with Crippen LogP contribution in [0.3, 0.4) is 0 Å². The standard InChI is InChI=1S/C11H14F3N/c1-8-3-2-4-9(7-8)10(15)5-6-11(12,13)14/h2-4,7,10H,5-6,15H2,1H3/t10-/m0/s1. The molecule has 4 heteroatoms. The highest BCUT2D eigenvalue weighted by Gasteiger charge is 2.27. The molecule has 0 aliphatic heterocycles. The van der Waals surface area contributed by atoms with E-state index >= 15 is 0 Å². The van der Waals surface area contributed by atoms with Crippen LogP contribution in [-0.2, 0) is 0 Å². The molecular weight excluding hydrogens is 203 g/mol. The number of rotatable bonds is 3. The van der Waals surface area contributed by atoms with E-state index < -0.39 is 18.6 Å². The fourth-order valence-electron chi connectivity index (χ4n) is 1.39. The molecule has 15 heavy (non-hydrogen) atoms. The van der Waals surface area contributed by atoms with Gasteiger partial charge in [0.2, 0.25) is 0 Å². The number of nitrogens with two attached hydrogens (primary N) is 1. The molecule has 0 saturated heterocycles. The van der Waals surface area contributed by atoms with Crippen molar-refractivity contribution < 1.29 is 13.2 Å². The van der Waals surface area contributed by atoms with Crippen molar-refractivity contribution in [1.82, 2.24) is 0 Å². The lowest BCUT2D eigenvalue weighted by Crippen LogP contribution is -2.15. The number of alkyl halides is 3. The van der Waals surface area contributed by atoms with Gasteiger partial charge in [0.1, 0.15) is 0 Å². The zero-order chi connectivity index (χ0) is 11.5. The maximum absolute atomic E-state index is 12.0.